The summed E-state index contributed by atoms with van der Waals surface area (Å²) >= 11 is 0. The van der Waals surface area contributed by atoms with Crippen LogP contribution in [0.2, 0.25) is 0 Å². The van der Waals surface area contributed by atoms with E-state index in [1.807, 2.05) is 0 Å². The van der Waals surface area contributed by atoms with E-state index in [0.29, 0.717) is 31.7 Å². The highest BCUT2D eigenvalue weighted by Crippen LogP contribution is 2.28. The number of esters is 2. The molecule has 0 radical (unpaired) electrons. The van der Waals surface area contributed by atoms with Crippen LogP contribution in [0.5, 0.6) is 0 Å². The Bertz CT molecular complexity index is 519. The quantitative estimate of drug-likeness (QED) is 0.818. The van der Waals surface area contributed by atoms with Crippen LogP contribution in [0.4, 0.5) is 0 Å². The number of H-pyrrole nitrogens is 1. The van der Waals surface area contributed by atoms with Crippen LogP contribution in [0.1, 0.15) is 60.4 Å². The Balaban J connectivity index is 2.21. The molecular weight excluding hydrogens is 270 g/mol. The summed E-state index contributed by atoms with van der Waals surface area (Å²) in [7, 11) is 0. The average Bonchev–Trinajstić information content (AvgIpc) is 2.84. The Kier molecular flexibility index (Phi) is 5.42. The Morgan fingerprint density at radius 3 is 2.52 bits per heavy atom. The third-order valence-electron chi connectivity index (χ3n) is 3.77. The van der Waals surface area contributed by atoms with Gasteiger partial charge < -0.3 is 14.5 Å². The molecule has 1 heterocycles. The molecule has 1 aromatic rings. The van der Waals surface area contributed by atoms with Crippen LogP contribution in [-0.2, 0) is 33.5 Å². The molecule has 0 amide bonds. The van der Waals surface area contributed by atoms with E-state index < -0.39 is 0 Å². The molecular formula is C16H23NO4. The molecule has 1 N–H and O–H groups in total. The van der Waals surface area contributed by atoms with Gasteiger partial charge in [-0.05, 0) is 57.1 Å². The molecule has 2 rings (SSSR count). The molecule has 1 aromatic heterocycles. The van der Waals surface area contributed by atoms with Gasteiger partial charge in [-0.2, -0.15) is 0 Å². The molecule has 0 aromatic carbocycles. The van der Waals surface area contributed by atoms with E-state index in [0.717, 1.165) is 36.9 Å². The average molecular weight is 293 g/mol. The van der Waals surface area contributed by atoms with Crippen molar-refractivity contribution in [2.45, 2.75) is 52.4 Å². The van der Waals surface area contributed by atoms with E-state index in [9.17, 15) is 9.59 Å². The molecule has 0 spiro atoms. The maximum Gasteiger partial charge on any atom is 0.355 e. The zero-order valence-corrected chi connectivity index (χ0v) is 12.8. The molecule has 0 bridgehead atoms. The van der Waals surface area contributed by atoms with Crippen molar-refractivity contribution in [2.24, 2.45) is 0 Å². The number of ether oxygens (including phenoxy) is 2. The summed E-state index contributed by atoms with van der Waals surface area (Å²) in [6.07, 6.45) is 5.00. The van der Waals surface area contributed by atoms with Gasteiger partial charge >= 0.3 is 11.9 Å². The van der Waals surface area contributed by atoms with Crippen molar-refractivity contribution >= 4 is 11.9 Å². The van der Waals surface area contributed by atoms with Gasteiger partial charge in [0.05, 0.1) is 13.2 Å². The lowest BCUT2D eigenvalue weighted by Crippen LogP contribution is -2.11. The third-order valence-corrected chi connectivity index (χ3v) is 3.77. The van der Waals surface area contributed by atoms with Gasteiger partial charge in [-0.15, -0.1) is 0 Å². The molecule has 1 aliphatic rings. The Labute approximate surface area is 125 Å². The summed E-state index contributed by atoms with van der Waals surface area (Å²) in [6.45, 7) is 4.31. The lowest BCUT2D eigenvalue weighted by molar-refractivity contribution is -0.143. The molecule has 0 saturated heterocycles. The van der Waals surface area contributed by atoms with Crippen molar-refractivity contribution in [3.63, 3.8) is 0 Å². The monoisotopic (exact) mass is 293 g/mol. The number of aromatic amines is 1. The van der Waals surface area contributed by atoms with Gasteiger partial charge in [0.1, 0.15) is 5.69 Å². The molecule has 21 heavy (non-hydrogen) atoms. The summed E-state index contributed by atoms with van der Waals surface area (Å²) in [5, 5.41) is 0. The maximum atomic E-state index is 12.1. The first-order valence-electron chi connectivity index (χ1n) is 7.72. The zero-order valence-electron chi connectivity index (χ0n) is 12.8. The zero-order chi connectivity index (χ0) is 15.2. The summed E-state index contributed by atoms with van der Waals surface area (Å²) in [5.41, 5.74) is 3.79. The molecule has 116 valence electrons. The fourth-order valence-corrected chi connectivity index (χ4v) is 2.87. The number of aromatic nitrogens is 1. The topological polar surface area (TPSA) is 68.4 Å². The van der Waals surface area contributed by atoms with E-state index in [-0.39, 0.29) is 11.9 Å². The van der Waals surface area contributed by atoms with Crippen molar-refractivity contribution in [3.05, 3.63) is 22.5 Å². The number of fused-ring (bicyclic) bond motifs is 1. The molecule has 5 heteroatoms. The molecule has 1 aliphatic carbocycles. The van der Waals surface area contributed by atoms with Gasteiger partial charge in [-0.25, -0.2) is 4.79 Å². The first-order chi connectivity index (χ1) is 10.2. The second-order valence-electron chi connectivity index (χ2n) is 5.17. The summed E-state index contributed by atoms with van der Waals surface area (Å²) in [5.74, 6) is -0.552. The smallest absolute Gasteiger partial charge is 0.355 e. The number of rotatable bonds is 6. The molecule has 5 nitrogen and oxygen atoms in total. The third kappa shape index (κ3) is 3.65. The first kappa shape index (κ1) is 15.6. The minimum absolute atomic E-state index is 0.224. The highest BCUT2D eigenvalue weighted by Gasteiger charge is 2.24. The van der Waals surface area contributed by atoms with Crippen molar-refractivity contribution in [3.8, 4) is 0 Å². The van der Waals surface area contributed by atoms with Crippen molar-refractivity contribution in [1.82, 2.24) is 4.98 Å². The summed E-state index contributed by atoms with van der Waals surface area (Å²) < 4.78 is 10.1. The second-order valence-corrected chi connectivity index (χ2v) is 5.17. The SMILES string of the molecule is CCOC(=O)CCc1c(C(=O)OCC)[nH]c2c1CCCC2. The van der Waals surface area contributed by atoms with Gasteiger partial charge in [-0.3, -0.25) is 4.79 Å². The Hall–Kier alpha value is -1.78. The fraction of sp³-hybridized carbons (Fsp3) is 0.625. The van der Waals surface area contributed by atoms with Crippen molar-refractivity contribution in [2.75, 3.05) is 13.2 Å². The lowest BCUT2D eigenvalue weighted by Gasteiger charge is -2.12. The Morgan fingerprint density at radius 2 is 1.81 bits per heavy atom. The van der Waals surface area contributed by atoms with E-state index in [1.165, 1.54) is 5.56 Å². The van der Waals surface area contributed by atoms with Gasteiger partial charge in [0.15, 0.2) is 0 Å². The highest BCUT2D eigenvalue weighted by atomic mass is 16.5. The molecule has 0 saturated carbocycles. The number of aryl methyl sites for hydroxylation is 1. The first-order valence-corrected chi connectivity index (χ1v) is 7.72. The second kappa shape index (κ2) is 7.29. The van der Waals surface area contributed by atoms with Gasteiger partial charge in [-0.1, -0.05) is 0 Å². The molecule has 0 fully saturated rings. The van der Waals surface area contributed by atoms with Crippen LogP contribution in [0.25, 0.3) is 0 Å². The predicted octanol–water partition coefficient (Wildman–Crippen LogP) is 2.57. The largest absolute Gasteiger partial charge is 0.466 e. The minimum atomic E-state index is -0.328. The number of carbonyl (C=O) groups excluding carboxylic acids is 2. The van der Waals surface area contributed by atoms with Gasteiger partial charge in [0.25, 0.3) is 0 Å². The Morgan fingerprint density at radius 1 is 1.10 bits per heavy atom. The van der Waals surface area contributed by atoms with Crippen molar-refractivity contribution in [1.29, 1.82) is 0 Å². The van der Waals surface area contributed by atoms with Gasteiger partial charge in [0, 0.05) is 12.1 Å². The van der Waals surface area contributed by atoms with E-state index in [4.69, 9.17) is 9.47 Å². The summed E-state index contributed by atoms with van der Waals surface area (Å²) in [6, 6.07) is 0. The van der Waals surface area contributed by atoms with Crippen LogP contribution < -0.4 is 0 Å². The van der Waals surface area contributed by atoms with Gasteiger partial charge in [0.2, 0.25) is 0 Å². The molecule has 0 unspecified atom stereocenters. The number of hydrogen-bond donors (Lipinski definition) is 1. The van der Waals surface area contributed by atoms with E-state index in [2.05, 4.69) is 4.98 Å². The normalized spacial score (nSPS) is 13.6. The summed E-state index contributed by atoms with van der Waals surface area (Å²) in [4.78, 5) is 26.9. The molecule has 0 atom stereocenters. The van der Waals surface area contributed by atoms with Crippen LogP contribution in [0.15, 0.2) is 0 Å². The highest BCUT2D eigenvalue weighted by molar-refractivity contribution is 5.90. The molecule has 0 aliphatic heterocycles. The number of hydrogen-bond acceptors (Lipinski definition) is 4. The predicted molar refractivity (Wildman–Crippen MR) is 78.3 cm³/mol. The van der Waals surface area contributed by atoms with Crippen molar-refractivity contribution < 1.29 is 19.1 Å². The van der Waals surface area contributed by atoms with E-state index in [1.54, 1.807) is 13.8 Å². The fourth-order valence-electron chi connectivity index (χ4n) is 2.87. The maximum absolute atomic E-state index is 12.1. The lowest BCUT2D eigenvalue weighted by atomic mass is 9.92. The minimum Gasteiger partial charge on any atom is -0.466 e. The van der Waals surface area contributed by atoms with E-state index >= 15 is 0 Å². The van der Waals surface area contributed by atoms with Crippen LogP contribution in [-0.4, -0.2) is 30.1 Å². The number of carbonyl (C=O) groups is 2. The van der Waals surface area contributed by atoms with Crippen LogP contribution in [0, 0.1) is 0 Å². The standard InChI is InChI=1S/C16H23NO4/c1-3-20-14(18)10-9-12-11-7-5-6-8-13(11)17-15(12)16(19)21-4-2/h17H,3-10H2,1-2H3. The van der Waals surface area contributed by atoms with Crippen LogP contribution >= 0.6 is 0 Å². The number of nitrogens with one attached hydrogen (secondary N) is 1. The van der Waals surface area contributed by atoms with Crippen LogP contribution in [0.3, 0.4) is 0 Å².